The highest BCUT2D eigenvalue weighted by Gasteiger charge is 2.18. The largest absolute Gasteiger partial charge is 0.359 e. The van der Waals surface area contributed by atoms with E-state index in [0.29, 0.717) is 0 Å². The molecule has 0 aromatic carbocycles. The standard InChI is InChI=1S/C16H28N4/c1-4-17-12-15-6-5-7-16(18-15)20(3)13-14-8-10-19(2)11-9-14/h5-7,14,17H,4,8-13H2,1-3H3. The topological polar surface area (TPSA) is 31.4 Å². The Labute approximate surface area is 123 Å². The van der Waals surface area contributed by atoms with Gasteiger partial charge in [-0.05, 0) is 57.6 Å². The van der Waals surface area contributed by atoms with E-state index in [9.17, 15) is 0 Å². The van der Waals surface area contributed by atoms with E-state index in [1.165, 1.54) is 25.9 Å². The molecule has 4 heteroatoms. The van der Waals surface area contributed by atoms with E-state index in [1.54, 1.807) is 0 Å². The van der Waals surface area contributed by atoms with Gasteiger partial charge in [-0.25, -0.2) is 4.98 Å². The second kappa shape index (κ2) is 7.60. The summed E-state index contributed by atoms with van der Waals surface area (Å²) in [5, 5.41) is 3.33. The van der Waals surface area contributed by atoms with Crippen molar-refractivity contribution in [2.75, 3.05) is 45.2 Å². The Morgan fingerprint density at radius 2 is 2.10 bits per heavy atom. The molecule has 1 saturated heterocycles. The van der Waals surface area contributed by atoms with Crippen LogP contribution in [0.2, 0.25) is 0 Å². The van der Waals surface area contributed by atoms with Crippen LogP contribution in [0.15, 0.2) is 18.2 Å². The average Bonchev–Trinajstić information content (AvgIpc) is 2.48. The lowest BCUT2D eigenvalue weighted by molar-refractivity contribution is 0.222. The Hall–Kier alpha value is -1.13. The first kappa shape index (κ1) is 15.3. The van der Waals surface area contributed by atoms with Crippen LogP contribution in [0.25, 0.3) is 0 Å². The molecule has 1 N–H and O–H groups in total. The molecule has 1 aliphatic rings. The smallest absolute Gasteiger partial charge is 0.128 e. The highest BCUT2D eigenvalue weighted by molar-refractivity contribution is 5.38. The van der Waals surface area contributed by atoms with Crippen molar-refractivity contribution in [3.8, 4) is 0 Å². The van der Waals surface area contributed by atoms with Crippen molar-refractivity contribution < 1.29 is 0 Å². The molecule has 0 aliphatic carbocycles. The van der Waals surface area contributed by atoms with Crippen molar-refractivity contribution in [2.45, 2.75) is 26.3 Å². The molecule has 0 radical (unpaired) electrons. The SMILES string of the molecule is CCNCc1cccc(N(C)CC2CCN(C)CC2)n1. The highest BCUT2D eigenvalue weighted by Crippen LogP contribution is 2.19. The number of anilines is 1. The molecular weight excluding hydrogens is 248 g/mol. The van der Waals surface area contributed by atoms with E-state index < -0.39 is 0 Å². The van der Waals surface area contributed by atoms with E-state index in [-0.39, 0.29) is 0 Å². The van der Waals surface area contributed by atoms with Crippen molar-refractivity contribution in [2.24, 2.45) is 5.92 Å². The number of hydrogen-bond donors (Lipinski definition) is 1. The zero-order chi connectivity index (χ0) is 14.4. The molecule has 0 spiro atoms. The number of pyridine rings is 1. The summed E-state index contributed by atoms with van der Waals surface area (Å²) in [6.45, 7) is 7.53. The summed E-state index contributed by atoms with van der Waals surface area (Å²) >= 11 is 0. The lowest BCUT2D eigenvalue weighted by Gasteiger charge is -2.32. The summed E-state index contributed by atoms with van der Waals surface area (Å²) in [5.74, 6) is 1.90. The van der Waals surface area contributed by atoms with Crippen molar-refractivity contribution in [3.05, 3.63) is 23.9 Å². The van der Waals surface area contributed by atoms with Gasteiger partial charge in [0.2, 0.25) is 0 Å². The summed E-state index contributed by atoms with van der Waals surface area (Å²) < 4.78 is 0. The zero-order valence-corrected chi connectivity index (χ0v) is 13.1. The van der Waals surface area contributed by atoms with Crippen LogP contribution >= 0.6 is 0 Å². The summed E-state index contributed by atoms with van der Waals surface area (Å²) in [4.78, 5) is 9.48. The molecule has 1 aliphatic heterocycles. The van der Waals surface area contributed by atoms with E-state index in [4.69, 9.17) is 4.98 Å². The number of nitrogens with one attached hydrogen (secondary N) is 1. The van der Waals surface area contributed by atoms with Crippen molar-refractivity contribution in [1.82, 2.24) is 15.2 Å². The number of piperidine rings is 1. The molecule has 1 fully saturated rings. The number of hydrogen-bond acceptors (Lipinski definition) is 4. The lowest BCUT2D eigenvalue weighted by atomic mass is 9.97. The number of likely N-dealkylation sites (tertiary alicyclic amines) is 1. The van der Waals surface area contributed by atoms with Crippen LogP contribution < -0.4 is 10.2 Å². The second-order valence-corrected chi connectivity index (χ2v) is 5.89. The summed E-state index contributed by atoms with van der Waals surface area (Å²) in [6.07, 6.45) is 2.61. The molecule has 20 heavy (non-hydrogen) atoms. The summed E-state index contributed by atoms with van der Waals surface area (Å²) in [5.41, 5.74) is 1.12. The third kappa shape index (κ3) is 4.46. The van der Waals surface area contributed by atoms with Crippen LogP contribution in [0.3, 0.4) is 0 Å². The molecule has 0 amide bonds. The Kier molecular flexibility index (Phi) is 5.80. The van der Waals surface area contributed by atoms with Crippen molar-refractivity contribution in [3.63, 3.8) is 0 Å². The molecule has 0 atom stereocenters. The maximum Gasteiger partial charge on any atom is 0.128 e. The maximum absolute atomic E-state index is 4.74. The van der Waals surface area contributed by atoms with Crippen molar-refractivity contribution >= 4 is 5.82 Å². The molecule has 112 valence electrons. The van der Waals surface area contributed by atoms with Crippen LogP contribution in [0.1, 0.15) is 25.5 Å². The minimum Gasteiger partial charge on any atom is -0.359 e. The minimum atomic E-state index is 0.801. The van der Waals surface area contributed by atoms with Gasteiger partial charge in [0.25, 0.3) is 0 Å². The maximum atomic E-state index is 4.74. The van der Waals surface area contributed by atoms with Gasteiger partial charge in [-0.15, -0.1) is 0 Å². The van der Waals surface area contributed by atoms with Gasteiger partial charge in [-0.3, -0.25) is 0 Å². The average molecular weight is 276 g/mol. The fourth-order valence-electron chi connectivity index (χ4n) is 2.76. The normalized spacial score (nSPS) is 17.4. The predicted octanol–water partition coefficient (Wildman–Crippen LogP) is 1.97. The fraction of sp³-hybridized carbons (Fsp3) is 0.688. The molecule has 0 bridgehead atoms. The zero-order valence-electron chi connectivity index (χ0n) is 13.1. The van der Waals surface area contributed by atoms with E-state index >= 15 is 0 Å². The van der Waals surface area contributed by atoms with E-state index in [0.717, 1.165) is 37.1 Å². The quantitative estimate of drug-likeness (QED) is 0.861. The molecule has 1 aromatic rings. The van der Waals surface area contributed by atoms with Crippen LogP contribution in [0.4, 0.5) is 5.82 Å². The number of aromatic nitrogens is 1. The number of rotatable bonds is 6. The second-order valence-electron chi connectivity index (χ2n) is 5.89. The number of nitrogens with zero attached hydrogens (tertiary/aromatic N) is 3. The van der Waals surface area contributed by atoms with Gasteiger partial charge in [-0.1, -0.05) is 13.0 Å². The monoisotopic (exact) mass is 276 g/mol. The molecule has 0 unspecified atom stereocenters. The Balaban J connectivity index is 1.89. The molecule has 4 nitrogen and oxygen atoms in total. The van der Waals surface area contributed by atoms with Gasteiger partial charge in [-0.2, -0.15) is 0 Å². The van der Waals surface area contributed by atoms with Crippen molar-refractivity contribution in [1.29, 1.82) is 0 Å². The van der Waals surface area contributed by atoms with Gasteiger partial charge < -0.3 is 15.1 Å². The summed E-state index contributed by atoms with van der Waals surface area (Å²) in [6, 6.07) is 6.32. The molecule has 2 heterocycles. The third-order valence-corrected chi connectivity index (χ3v) is 4.11. The van der Waals surface area contributed by atoms with Crippen LogP contribution in [0.5, 0.6) is 0 Å². The van der Waals surface area contributed by atoms with Gasteiger partial charge in [0.15, 0.2) is 0 Å². The van der Waals surface area contributed by atoms with Gasteiger partial charge in [0.1, 0.15) is 5.82 Å². The Morgan fingerprint density at radius 1 is 1.35 bits per heavy atom. The van der Waals surface area contributed by atoms with E-state index in [2.05, 4.69) is 54.3 Å². The van der Waals surface area contributed by atoms with Gasteiger partial charge in [0.05, 0.1) is 5.69 Å². The molecule has 1 aromatic heterocycles. The Morgan fingerprint density at radius 3 is 2.80 bits per heavy atom. The fourth-order valence-corrected chi connectivity index (χ4v) is 2.76. The molecule has 0 saturated carbocycles. The first-order valence-electron chi connectivity index (χ1n) is 7.75. The van der Waals surface area contributed by atoms with Crippen LogP contribution in [-0.4, -0.2) is 50.2 Å². The van der Waals surface area contributed by atoms with Crippen LogP contribution in [0, 0.1) is 5.92 Å². The molecular formula is C16H28N4. The third-order valence-electron chi connectivity index (χ3n) is 4.11. The lowest BCUT2D eigenvalue weighted by Crippen LogP contribution is -2.36. The van der Waals surface area contributed by atoms with Gasteiger partial charge >= 0.3 is 0 Å². The van der Waals surface area contributed by atoms with E-state index in [1.807, 2.05) is 0 Å². The first-order chi connectivity index (χ1) is 9.69. The minimum absolute atomic E-state index is 0.801. The van der Waals surface area contributed by atoms with Crippen LogP contribution in [-0.2, 0) is 6.54 Å². The summed E-state index contributed by atoms with van der Waals surface area (Å²) in [7, 11) is 4.38. The first-order valence-corrected chi connectivity index (χ1v) is 7.75. The molecule has 2 rings (SSSR count). The van der Waals surface area contributed by atoms with Gasteiger partial charge in [0, 0.05) is 20.1 Å². The highest BCUT2D eigenvalue weighted by atomic mass is 15.2. The Bertz CT molecular complexity index is 399. The predicted molar refractivity (Wildman–Crippen MR) is 85.1 cm³/mol.